The van der Waals surface area contributed by atoms with Crippen molar-refractivity contribution in [2.24, 2.45) is 0 Å². The maximum absolute atomic E-state index is 12.3. The quantitative estimate of drug-likeness (QED) is 0.630. The SMILES string of the molecule is COc1ccc(CC(=O)NCCc2sc(-c3ccccn3)nc2C)cc1OC. The molecular weight excluding hydrogens is 374 g/mol. The Morgan fingerprint density at radius 2 is 1.96 bits per heavy atom. The maximum Gasteiger partial charge on any atom is 0.224 e. The number of thiazole rings is 1. The summed E-state index contributed by atoms with van der Waals surface area (Å²) in [5, 5.41) is 3.88. The summed E-state index contributed by atoms with van der Waals surface area (Å²) in [6.07, 6.45) is 2.80. The number of hydrogen-bond donors (Lipinski definition) is 1. The van der Waals surface area contributed by atoms with Crippen LogP contribution >= 0.6 is 11.3 Å². The van der Waals surface area contributed by atoms with E-state index in [9.17, 15) is 4.79 Å². The fourth-order valence-corrected chi connectivity index (χ4v) is 3.85. The van der Waals surface area contributed by atoms with Gasteiger partial charge < -0.3 is 14.8 Å². The number of hydrogen-bond acceptors (Lipinski definition) is 6. The Labute approximate surface area is 168 Å². The van der Waals surface area contributed by atoms with E-state index < -0.39 is 0 Å². The zero-order valence-corrected chi connectivity index (χ0v) is 17.0. The number of benzene rings is 1. The molecule has 0 radical (unpaired) electrons. The molecule has 7 heteroatoms. The van der Waals surface area contributed by atoms with Gasteiger partial charge in [0.15, 0.2) is 11.5 Å². The van der Waals surface area contributed by atoms with Gasteiger partial charge in [0, 0.05) is 24.0 Å². The number of aromatic nitrogens is 2. The van der Waals surface area contributed by atoms with Gasteiger partial charge in [0.2, 0.25) is 5.91 Å². The minimum Gasteiger partial charge on any atom is -0.493 e. The Bertz CT molecular complexity index is 941. The monoisotopic (exact) mass is 397 g/mol. The van der Waals surface area contributed by atoms with Crippen LogP contribution in [0.2, 0.25) is 0 Å². The largest absolute Gasteiger partial charge is 0.493 e. The predicted octanol–water partition coefficient (Wildman–Crippen LogP) is 3.43. The highest BCUT2D eigenvalue weighted by molar-refractivity contribution is 7.15. The van der Waals surface area contributed by atoms with Gasteiger partial charge in [-0.3, -0.25) is 9.78 Å². The normalized spacial score (nSPS) is 10.5. The molecule has 0 aliphatic carbocycles. The second-order valence-electron chi connectivity index (χ2n) is 6.21. The number of methoxy groups -OCH3 is 2. The zero-order valence-electron chi connectivity index (χ0n) is 16.2. The molecule has 0 aliphatic heterocycles. The molecule has 28 heavy (non-hydrogen) atoms. The Morgan fingerprint density at radius 3 is 2.68 bits per heavy atom. The average molecular weight is 398 g/mol. The van der Waals surface area contributed by atoms with Crippen molar-refractivity contribution in [1.82, 2.24) is 15.3 Å². The Kier molecular flexibility index (Phi) is 6.60. The highest BCUT2D eigenvalue weighted by Gasteiger charge is 2.11. The first kappa shape index (κ1) is 19.8. The summed E-state index contributed by atoms with van der Waals surface area (Å²) in [6, 6.07) is 11.3. The lowest BCUT2D eigenvalue weighted by Crippen LogP contribution is -2.27. The summed E-state index contributed by atoms with van der Waals surface area (Å²) in [5.41, 5.74) is 2.74. The summed E-state index contributed by atoms with van der Waals surface area (Å²) >= 11 is 1.62. The van der Waals surface area contributed by atoms with E-state index >= 15 is 0 Å². The first-order valence-corrected chi connectivity index (χ1v) is 9.77. The lowest BCUT2D eigenvalue weighted by molar-refractivity contribution is -0.120. The number of carbonyl (C=O) groups is 1. The summed E-state index contributed by atoms with van der Waals surface area (Å²) in [6.45, 7) is 2.56. The van der Waals surface area contributed by atoms with Crippen LogP contribution in [0.3, 0.4) is 0 Å². The van der Waals surface area contributed by atoms with Crippen LogP contribution in [0.1, 0.15) is 16.1 Å². The van der Waals surface area contributed by atoms with E-state index in [1.54, 1.807) is 37.8 Å². The van der Waals surface area contributed by atoms with Crippen molar-refractivity contribution in [3.8, 4) is 22.2 Å². The minimum absolute atomic E-state index is 0.0284. The lowest BCUT2D eigenvalue weighted by Gasteiger charge is -2.10. The number of amides is 1. The molecule has 6 nitrogen and oxygen atoms in total. The second kappa shape index (κ2) is 9.32. The fourth-order valence-electron chi connectivity index (χ4n) is 2.81. The highest BCUT2D eigenvalue weighted by Crippen LogP contribution is 2.28. The van der Waals surface area contributed by atoms with Crippen molar-refractivity contribution in [3.05, 3.63) is 58.7 Å². The number of nitrogens with one attached hydrogen (secondary N) is 1. The molecule has 0 aliphatic rings. The van der Waals surface area contributed by atoms with Crippen LogP contribution in [-0.2, 0) is 17.6 Å². The molecule has 2 heterocycles. The van der Waals surface area contributed by atoms with Crippen LogP contribution < -0.4 is 14.8 Å². The van der Waals surface area contributed by atoms with Crippen LogP contribution in [0.15, 0.2) is 42.6 Å². The van der Waals surface area contributed by atoms with Gasteiger partial charge in [-0.25, -0.2) is 4.98 Å². The molecule has 0 unspecified atom stereocenters. The van der Waals surface area contributed by atoms with Crippen molar-refractivity contribution < 1.29 is 14.3 Å². The molecular formula is C21H23N3O3S. The van der Waals surface area contributed by atoms with E-state index in [0.717, 1.165) is 33.3 Å². The van der Waals surface area contributed by atoms with Gasteiger partial charge in [-0.15, -0.1) is 11.3 Å². The Morgan fingerprint density at radius 1 is 1.14 bits per heavy atom. The molecule has 3 rings (SSSR count). The first-order chi connectivity index (χ1) is 13.6. The minimum atomic E-state index is -0.0284. The van der Waals surface area contributed by atoms with Crippen LogP contribution in [0.25, 0.3) is 10.7 Å². The molecule has 3 aromatic rings. The molecule has 1 amide bonds. The summed E-state index contributed by atoms with van der Waals surface area (Å²) in [4.78, 5) is 22.4. The van der Waals surface area contributed by atoms with Crippen molar-refractivity contribution in [3.63, 3.8) is 0 Å². The molecule has 0 fully saturated rings. The summed E-state index contributed by atoms with van der Waals surface area (Å²) < 4.78 is 10.5. The van der Waals surface area contributed by atoms with E-state index in [4.69, 9.17) is 9.47 Å². The molecule has 0 bridgehead atoms. The standard InChI is InChI=1S/C21H23N3O3S/c1-14-19(28-21(24-14)16-6-4-5-10-22-16)9-11-23-20(25)13-15-7-8-17(26-2)18(12-15)27-3/h4-8,10,12H,9,11,13H2,1-3H3,(H,23,25). The number of pyridine rings is 1. The van der Waals surface area contributed by atoms with Gasteiger partial charge in [-0.05, 0) is 36.8 Å². The van der Waals surface area contributed by atoms with E-state index in [0.29, 0.717) is 24.5 Å². The number of aryl methyl sites for hydroxylation is 1. The van der Waals surface area contributed by atoms with Gasteiger partial charge in [-0.2, -0.15) is 0 Å². The predicted molar refractivity (Wildman–Crippen MR) is 110 cm³/mol. The molecule has 0 saturated carbocycles. The van der Waals surface area contributed by atoms with Crippen LogP contribution in [0, 0.1) is 6.92 Å². The summed E-state index contributed by atoms with van der Waals surface area (Å²) in [7, 11) is 3.17. The van der Waals surface area contributed by atoms with Crippen LogP contribution in [0.4, 0.5) is 0 Å². The lowest BCUT2D eigenvalue weighted by atomic mass is 10.1. The topological polar surface area (TPSA) is 73.3 Å². The third-order valence-electron chi connectivity index (χ3n) is 4.26. The van der Waals surface area contributed by atoms with Gasteiger partial charge in [-0.1, -0.05) is 12.1 Å². The highest BCUT2D eigenvalue weighted by atomic mass is 32.1. The van der Waals surface area contributed by atoms with Crippen molar-refractivity contribution >= 4 is 17.2 Å². The van der Waals surface area contributed by atoms with Gasteiger partial charge >= 0.3 is 0 Å². The van der Waals surface area contributed by atoms with Gasteiger partial charge in [0.1, 0.15) is 5.01 Å². The molecule has 1 N–H and O–H groups in total. The molecule has 0 spiro atoms. The van der Waals surface area contributed by atoms with E-state index in [1.807, 2.05) is 37.3 Å². The van der Waals surface area contributed by atoms with Gasteiger partial charge in [0.05, 0.1) is 32.0 Å². The second-order valence-corrected chi connectivity index (χ2v) is 7.29. The molecule has 0 atom stereocenters. The van der Waals surface area contributed by atoms with Crippen molar-refractivity contribution in [2.45, 2.75) is 19.8 Å². The zero-order chi connectivity index (χ0) is 19.9. The van der Waals surface area contributed by atoms with Crippen LogP contribution in [0.5, 0.6) is 11.5 Å². The number of nitrogens with zero attached hydrogens (tertiary/aromatic N) is 2. The van der Waals surface area contributed by atoms with Crippen molar-refractivity contribution in [1.29, 1.82) is 0 Å². The molecule has 1 aromatic carbocycles. The number of ether oxygens (including phenoxy) is 2. The van der Waals surface area contributed by atoms with Crippen LogP contribution in [-0.4, -0.2) is 36.6 Å². The third kappa shape index (κ3) is 4.86. The van der Waals surface area contributed by atoms with E-state index in [-0.39, 0.29) is 5.91 Å². The fraction of sp³-hybridized carbons (Fsp3) is 0.286. The Balaban J connectivity index is 1.54. The Hall–Kier alpha value is -2.93. The number of carbonyl (C=O) groups excluding carboxylic acids is 1. The number of rotatable bonds is 8. The molecule has 146 valence electrons. The maximum atomic E-state index is 12.3. The smallest absolute Gasteiger partial charge is 0.224 e. The van der Waals surface area contributed by atoms with Gasteiger partial charge in [0.25, 0.3) is 0 Å². The molecule has 2 aromatic heterocycles. The molecule has 0 saturated heterocycles. The first-order valence-electron chi connectivity index (χ1n) is 8.96. The van der Waals surface area contributed by atoms with Crippen molar-refractivity contribution in [2.75, 3.05) is 20.8 Å². The van der Waals surface area contributed by atoms with E-state index in [1.165, 1.54) is 0 Å². The van der Waals surface area contributed by atoms with E-state index in [2.05, 4.69) is 15.3 Å². The third-order valence-corrected chi connectivity index (χ3v) is 5.50. The average Bonchev–Trinajstić information content (AvgIpc) is 3.09. The summed E-state index contributed by atoms with van der Waals surface area (Å²) in [5.74, 6) is 1.24.